The zero-order valence-electron chi connectivity index (χ0n) is 17.8. The fraction of sp³-hybridized carbons (Fsp3) is 0.136. The Hall–Kier alpha value is -2.89. The fourth-order valence-corrected chi connectivity index (χ4v) is 5.15. The van der Waals surface area contributed by atoms with Gasteiger partial charge in [-0.25, -0.2) is 16.8 Å². The van der Waals surface area contributed by atoms with E-state index in [2.05, 4.69) is 21.2 Å². The number of benzene rings is 3. The number of carbonyl (C=O) groups is 1. The van der Waals surface area contributed by atoms with Gasteiger partial charge in [-0.2, -0.15) is 0 Å². The molecule has 0 spiro atoms. The van der Waals surface area contributed by atoms with E-state index in [9.17, 15) is 21.6 Å². The second-order valence-corrected chi connectivity index (χ2v) is 11.9. The lowest BCUT2D eigenvalue weighted by molar-refractivity contribution is -0.114. The summed E-state index contributed by atoms with van der Waals surface area (Å²) in [5, 5.41) is 2.65. The highest BCUT2D eigenvalue weighted by atomic mass is 79.9. The van der Waals surface area contributed by atoms with Crippen molar-refractivity contribution in [1.82, 2.24) is 0 Å². The van der Waals surface area contributed by atoms with Gasteiger partial charge in [-0.3, -0.25) is 13.4 Å². The Kier molecular flexibility index (Phi) is 7.45. The minimum atomic E-state index is -4.03. The molecule has 0 aliphatic heterocycles. The summed E-state index contributed by atoms with van der Waals surface area (Å²) in [6, 6.07) is 20.7. The highest BCUT2D eigenvalue weighted by Gasteiger charge is 2.27. The minimum absolute atomic E-state index is 0.0532. The molecule has 0 aliphatic carbocycles. The number of nitrogens with zero attached hydrogens (tertiary/aromatic N) is 2. The molecule has 3 rings (SSSR count). The van der Waals surface area contributed by atoms with E-state index in [1.54, 1.807) is 60.7 Å². The van der Waals surface area contributed by atoms with Crippen LogP contribution in [0.15, 0.2) is 88.2 Å². The van der Waals surface area contributed by atoms with Crippen LogP contribution in [-0.4, -0.2) is 42.6 Å². The van der Waals surface area contributed by atoms with Crippen molar-refractivity contribution in [2.24, 2.45) is 0 Å². The molecule has 11 heteroatoms. The van der Waals surface area contributed by atoms with Crippen LogP contribution in [0.3, 0.4) is 0 Å². The van der Waals surface area contributed by atoms with Crippen LogP contribution in [0, 0.1) is 0 Å². The van der Waals surface area contributed by atoms with Gasteiger partial charge in [0.05, 0.1) is 22.5 Å². The molecule has 0 unspecified atom stereocenters. The molecule has 0 fully saturated rings. The van der Waals surface area contributed by atoms with Gasteiger partial charge in [0.15, 0.2) is 0 Å². The van der Waals surface area contributed by atoms with Gasteiger partial charge in [0.2, 0.25) is 15.9 Å². The van der Waals surface area contributed by atoms with Gasteiger partial charge >= 0.3 is 0 Å². The first-order valence-corrected chi connectivity index (χ1v) is 13.7. The van der Waals surface area contributed by atoms with Crippen molar-refractivity contribution in [1.29, 1.82) is 0 Å². The van der Waals surface area contributed by atoms with Crippen LogP contribution < -0.4 is 13.9 Å². The monoisotopic (exact) mass is 551 g/mol. The molecule has 0 aliphatic rings. The Morgan fingerprint density at radius 1 is 0.879 bits per heavy atom. The van der Waals surface area contributed by atoms with Crippen molar-refractivity contribution in [3.63, 3.8) is 0 Å². The molecule has 0 aromatic heterocycles. The number of sulfonamides is 2. The molecule has 8 nitrogen and oxygen atoms in total. The second kappa shape index (κ2) is 9.94. The molecule has 1 amide bonds. The van der Waals surface area contributed by atoms with Gasteiger partial charge in [0.25, 0.3) is 10.0 Å². The molecule has 3 aromatic rings. The average molecular weight is 552 g/mol. The van der Waals surface area contributed by atoms with Gasteiger partial charge in [0.1, 0.15) is 6.54 Å². The van der Waals surface area contributed by atoms with Crippen LogP contribution in [0.1, 0.15) is 0 Å². The lowest BCUT2D eigenvalue weighted by Crippen LogP contribution is -2.38. The zero-order valence-corrected chi connectivity index (χ0v) is 21.1. The maximum Gasteiger partial charge on any atom is 0.264 e. The van der Waals surface area contributed by atoms with Crippen LogP contribution in [0.4, 0.5) is 17.1 Å². The number of anilines is 3. The van der Waals surface area contributed by atoms with Gasteiger partial charge in [-0.05, 0) is 54.6 Å². The largest absolute Gasteiger partial charge is 0.324 e. The normalized spacial score (nSPS) is 11.6. The number of nitrogens with one attached hydrogen (secondary N) is 1. The molecule has 0 radical (unpaired) electrons. The molecule has 0 saturated carbocycles. The number of rotatable bonds is 8. The van der Waals surface area contributed by atoms with Crippen molar-refractivity contribution in [3.8, 4) is 0 Å². The predicted molar refractivity (Wildman–Crippen MR) is 133 cm³/mol. The van der Waals surface area contributed by atoms with E-state index >= 15 is 0 Å². The van der Waals surface area contributed by atoms with E-state index in [0.29, 0.717) is 17.1 Å². The Morgan fingerprint density at radius 2 is 1.52 bits per heavy atom. The number of hydrogen-bond acceptors (Lipinski definition) is 5. The molecule has 174 valence electrons. The summed E-state index contributed by atoms with van der Waals surface area (Å²) in [7, 11) is -6.11. The smallest absolute Gasteiger partial charge is 0.264 e. The first kappa shape index (κ1) is 24.7. The summed E-state index contributed by atoms with van der Waals surface area (Å²) in [6.45, 7) is -0.481. The standard InChI is InChI=1S/C22H22BrN3O5S2/c1-25(32(2,28)29)20-8-6-7-18(15-20)24-22(27)16-26(19-13-11-17(23)12-14-19)33(30,31)21-9-4-3-5-10-21/h3-15H,16H2,1-2H3,(H,24,27). The summed E-state index contributed by atoms with van der Waals surface area (Å²) in [4.78, 5) is 12.9. The Morgan fingerprint density at radius 3 is 2.12 bits per heavy atom. The molecular weight excluding hydrogens is 530 g/mol. The van der Waals surface area contributed by atoms with E-state index in [1.807, 2.05) is 0 Å². The summed E-state index contributed by atoms with van der Waals surface area (Å²) >= 11 is 3.32. The molecule has 33 heavy (non-hydrogen) atoms. The van der Waals surface area contributed by atoms with E-state index in [1.165, 1.54) is 25.2 Å². The lowest BCUT2D eigenvalue weighted by Gasteiger charge is -2.24. The summed E-state index contributed by atoms with van der Waals surface area (Å²) < 4.78 is 53.1. The first-order valence-electron chi connectivity index (χ1n) is 9.65. The van der Waals surface area contributed by atoms with Crippen molar-refractivity contribution in [3.05, 3.63) is 83.3 Å². The van der Waals surface area contributed by atoms with Crippen molar-refractivity contribution in [2.45, 2.75) is 4.90 Å². The summed E-state index contributed by atoms with van der Waals surface area (Å²) in [5.74, 6) is -0.586. The highest BCUT2D eigenvalue weighted by Crippen LogP contribution is 2.26. The van der Waals surface area contributed by atoms with Crippen molar-refractivity contribution < 1.29 is 21.6 Å². The number of hydrogen-bond donors (Lipinski definition) is 1. The van der Waals surface area contributed by atoms with Crippen LogP contribution in [0.5, 0.6) is 0 Å². The maximum atomic E-state index is 13.3. The van der Waals surface area contributed by atoms with Gasteiger partial charge in [-0.15, -0.1) is 0 Å². The fourth-order valence-electron chi connectivity index (χ4n) is 2.94. The van der Waals surface area contributed by atoms with Crippen LogP contribution in [-0.2, 0) is 24.8 Å². The zero-order chi connectivity index (χ0) is 24.2. The van der Waals surface area contributed by atoms with E-state index in [4.69, 9.17) is 0 Å². The van der Waals surface area contributed by atoms with Crippen molar-refractivity contribution >= 4 is 58.9 Å². The number of halogens is 1. The Balaban J connectivity index is 1.89. The number of amides is 1. The Labute approximate surface area is 202 Å². The second-order valence-electron chi connectivity index (χ2n) is 7.13. The van der Waals surface area contributed by atoms with E-state index in [-0.39, 0.29) is 4.90 Å². The Bertz CT molecular complexity index is 1350. The van der Waals surface area contributed by atoms with Crippen LogP contribution in [0.25, 0.3) is 0 Å². The summed E-state index contributed by atoms with van der Waals surface area (Å²) in [5.41, 5.74) is 1.01. The van der Waals surface area contributed by atoms with Gasteiger partial charge < -0.3 is 5.32 Å². The molecule has 0 atom stereocenters. The molecule has 0 bridgehead atoms. The lowest BCUT2D eigenvalue weighted by atomic mass is 10.2. The van der Waals surface area contributed by atoms with E-state index in [0.717, 1.165) is 19.3 Å². The van der Waals surface area contributed by atoms with Crippen molar-refractivity contribution in [2.75, 3.05) is 33.8 Å². The summed E-state index contributed by atoms with van der Waals surface area (Å²) in [6.07, 6.45) is 1.07. The SMILES string of the molecule is CN(c1cccc(NC(=O)CN(c2ccc(Br)cc2)S(=O)(=O)c2ccccc2)c1)S(C)(=O)=O. The molecule has 1 N–H and O–H groups in total. The topological polar surface area (TPSA) is 104 Å². The minimum Gasteiger partial charge on any atom is -0.324 e. The van der Waals surface area contributed by atoms with Crippen LogP contribution >= 0.6 is 15.9 Å². The number of carbonyl (C=O) groups excluding carboxylic acids is 1. The third-order valence-corrected chi connectivity index (χ3v) is 8.25. The quantitative estimate of drug-likeness (QED) is 0.459. The van der Waals surface area contributed by atoms with E-state index < -0.39 is 32.5 Å². The molecule has 0 saturated heterocycles. The average Bonchev–Trinajstić information content (AvgIpc) is 2.78. The highest BCUT2D eigenvalue weighted by molar-refractivity contribution is 9.10. The van der Waals surface area contributed by atoms with Gasteiger partial charge in [-0.1, -0.05) is 40.2 Å². The molecule has 3 aromatic carbocycles. The van der Waals surface area contributed by atoms with Gasteiger partial charge in [0, 0.05) is 17.2 Å². The molecule has 0 heterocycles. The third kappa shape index (κ3) is 6.12. The maximum absolute atomic E-state index is 13.3. The molecular formula is C22H22BrN3O5S2. The van der Waals surface area contributed by atoms with Crippen LogP contribution in [0.2, 0.25) is 0 Å². The predicted octanol–water partition coefficient (Wildman–Crippen LogP) is 3.68. The third-order valence-electron chi connectivity index (χ3n) is 4.72. The first-order chi connectivity index (χ1) is 15.5.